The van der Waals surface area contributed by atoms with Crippen molar-refractivity contribution in [1.29, 1.82) is 0 Å². The van der Waals surface area contributed by atoms with E-state index in [9.17, 15) is 9.90 Å². The highest BCUT2D eigenvalue weighted by atomic mass is 16.4. The molecule has 1 rings (SSSR count). The van der Waals surface area contributed by atoms with E-state index in [-0.39, 0.29) is 0 Å². The third kappa shape index (κ3) is 3.23. The normalized spacial score (nSPS) is 30.4. The Morgan fingerprint density at radius 3 is 2.78 bits per heavy atom. The molecule has 0 radical (unpaired) electrons. The predicted octanol–water partition coefficient (Wildman–Crippen LogP) is 2.09. The number of likely N-dealkylation sites (N-methyl/N-ethyl adjacent to an activating group) is 1. The molecule has 2 N–H and O–H groups in total. The van der Waals surface area contributed by atoms with Crippen LogP contribution in [0.25, 0.3) is 0 Å². The van der Waals surface area contributed by atoms with Gasteiger partial charge in [-0.05, 0) is 53.1 Å². The van der Waals surface area contributed by atoms with Crippen LogP contribution in [-0.4, -0.2) is 47.7 Å². The van der Waals surface area contributed by atoms with Crippen molar-refractivity contribution in [3.05, 3.63) is 0 Å². The molecule has 106 valence electrons. The number of nitrogens with one attached hydrogen (secondary N) is 1. The molecule has 18 heavy (non-hydrogen) atoms. The molecule has 1 aliphatic rings. The van der Waals surface area contributed by atoms with Crippen LogP contribution < -0.4 is 5.32 Å². The fourth-order valence-electron chi connectivity index (χ4n) is 3.10. The van der Waals surface area contributed by atoms with E-state index in [4.69, 9.17) is 0 Å². The standard InChI is InChI=1S/C14H28N2O2/c1-5-7-11(2)16(4)12-8-6-9-14(10-12,15-3)13(17)18/h11-12,15H,5-10H2,1-4H3,(H,17,18). The molecule has 4 nitrogen and oxygen atoms in total. The van der Waals surface area contributed by atoms with Crippen molar-refractivity contribution in [2.24, 2.45) is 0 Å². The lowest BCUT2D eigenvalue weighted by molar-refractivity contribution is -0.147. The van der Waals surface area contributed by atoms with Gasteiger partial charge >= 0.3 is 5.97 Å². The van der Waals surface area contributed by atoms with Gasteiger partial charge < -0.3 is 15.3 Å². The van der Waals surface area contributed by atoms with Crippen molar-refractivity contribution >= 4 is 5.97 Å². The largest absolute Gasteiger partial charge is 0.480 e. The number of nitrogens with zero attached hydrogens (tertiary/aromatic N) is 1. The Balaban J connectivity index is 2.71. The number of hydrogen-bond donors (Lipinski definition) is 2. The maximum absolute atomic E-state index is 11.5. The lowest BCUT2D eigenvalue weighted by atomic mass is 9.78. The molecule has 4 heteroatoms. The third-order valence-electron chi connectivity index (χ3n) is 4.59. The fourth-order valence-corrected chi connectivity index (χ4v) is 3.10. The van der Waals surface area contributed by atoms with Gasteiger partial charge in [0.1, 0.15) is 5.54 Å². The Kier molecular flexibility index (Phi) is 5.60. The highest BCUT2D eigenvalue weighted by Gasteiger charge is 2.43. The number of carbonyl (C=O) groups is 1. The second kappa shape index (κ2) is 6.53. The monoisotopic (exact) mass is 256 g/mol. The summed E-state index contributed by atoms with van der Waals surface area (Å²) in [5, 5.41) is 12.5. The number of aliphatic carboxylic acids is 1. The number of hydrogen-bond acceptors (Lipinski definition) is 3. The van der Waals surface area contributed by atoms with Crippen molar-refractivity contribution in [2.45, 2.75) is 70.0 Å². The van der Waals surface area contributed by atoms with Crippen LogP contribution in [-0.2, 0) is 4.79 Å². The van der Waals surface area contributed by atoms with Gasteiger partial charge in [-0.1, -0.05) is 13.3 Å². The first-order chi connectivity index (χ1) is 8.46. The molecule has 0 heterocycles. The van der Waals surface area contributed by atoms with Crippen LogP contribution in [0.4, 0.5) is 0 Å². The first-order valence-corrected chi connectivity index (χ1v) is 7.11. The SMILES string of the molecule is CCCC(C)N(C)C1CCCC(NC)(C(=O)O)C1. The molecule has 0 spiro atoms. The highest BCUT2D eigenvalue weighted by Crippen LogP contribution is 2.32. The van der Waals surface area contributed by atoms with E-state index >= 15 is 0 Å². The quantitative estimate of drug-likeness (QED) is 0.764. The van der Waals surface area contributed by atoms with Gasteiger partial charge in [-0.15, -0.1) is 0 Å². The summed E-state index contributed by atoms with van der Waals surface area (Å²) in [6.07, 6.45) is 5.90. The van der Waals surface area contributed by atoms with Crippen LogP contribution >= 0.6 is 0 Å². The molecular formula is C14H28N2O2. The Morgan fingerprint density at radius 2 is 2.28 bits per heavy atom. The van der Waals surface area contributed by atoms with E-state index in [0.717, 1.165) is 19.3 Å². The molecule has 0 saturated heterocycles. The average molecular weight is 256 g/mol. The first-order valence-electron chi connectivity index (χ1n) is 7.11. The van der Waals surface area contributed by atoms with E-state index in [0.29, 0.717) is 18.5 Å². The summed E-state index contributed by atoms with van der Waals surface area (Å²) in [6.45, 7) is 4.43. The molecule has 0 aromatic heterocycles. The summed E-state index contributed by atoms with van der Waals surface area (Å²) in [7, 11) is 3.91. The zero-order valence-corrected chi connectivity index (χ0v) is 12.2. The predicted molar refractivity (Wildman–Crippen MR) is 73.8 cm³/mol. The highest BCUT2D eigenvalue weighted by molar-refractivity contribution is 5.79. The smallest absolute Gasteiger partial charge is 0.323 e. The second-order valence-electron chi connectivity index (χ2n) is 5.69. The molecule has 3 atom stereocenters. The minimum absolute atomic E-state index is 0.379. The van der Waals surface area contributed by atoms with Crippen molar-refractivity contribution < 1.29 is 9.90 Å². The van der Waals surface area contributed by atoms with Crippen molar-refractivity contribution in [1.82, 2.24) is 10.2 Å². The molecule has 1 saturated carbocycles. The van der Waals surface area contributed by atoms with E-state index in [2.05, 4.69) is 31.1 Å². The maximum atomic E-state index is 11.5. The van der Waals surface area contributed by atoms with Crippen LogP contribution in [0.5, 0.6) is 0 Å². The van der Waals surface area contributed by atoms with Crippen molar-refractivity contribution in [3.8, 4) is 0 Å². The average Bonchev–Trinajstić information content (AvgIpc) is 2.37. The van der Waals surface area contributed by atoms with Gasteiger partial charge in [-0.25, -0.2) is 0 Å². The molecular weight excluding hydrogens is 228 g/mol. The van der Waals surface area contributed by atoms with E-state index in [1.165, 1.54) is 12.8 Å². The minimum atomic E-state index is -0.719. The first kappa shape index (κ1) is 15.4. The summed E-state index contributed by atoms with van der Waals surface area (Å²) in [5.74, 6) is -0.703. The van der Waals surface area contributed by atoms with Gasteiger partial charge in [0.05, 0.1) is 0 Å². The molecule has 0 amide bonds. The minimum Gasteiger partial charge on any atom is -0.480 e. The topological polar surface area (TPSA) is 52.6 Å². The van der Waals surface area contributed by atoms with Crippen LogP contribution in [0.2, 0.25) is 0 Å². The molecule has 0 aromatic rings. The Hall–Kier alpha value is -0.610. The molecule has 0 bridgehead atoms. The van der Waals surface area contributed by atoms with Crippen LogP contribution in [0.15, 0.2) is 0 Å². The second-order valence-corrected chi connectivity index (χ2v) is 5.69. The van der Waals surface area contributed by atoms with E-state index < -0.39 is 11.5 Å². The summed E-state index contributed by atoms with van der Waals surface area (Å²) >= 11 is 0. The van der Waals surface area contributed by atoms with Crippen LogP contribution in [0.1, 0.15) is 52.4 Å². The zero-order chi connectivity index (χ0) is 13.8. The van der Waals surface area contributed by atoms with E-state index in [1.54, 1.807) is 7.05 Å². The summed E-state index contributed by atoms with van der Waals surface area (Å²) in [6, 6.07) is 0.908. The molecule has 1 aliphatic carbocycles. The van der Waals surface area contributed by atoms with Crippen molar-refractivity contribution in [3.63, 3.8) is 0 Å². The lowest BCUT2D eigenvalue weighted by Crippen LogP contribution is -2.57. The van der Waals surface area contributed by atoms with Crippen LogP contribution in [0, 0.1) is 0 Å². The summed E-state index contributed by atoms with van der Waals surface area (Å²) in [5.41, 5.74) is -0.719. The van der Waals surface area contributed by atoms with Gasteiger partial charge in [0.15, 0.2) is 0 Å². The number of carboxylic acid groups (broad SMARTS) is 1. The molecule has 1 fully saturated rings. The van der Waals surface area contributed by atoms with Gasteiger partial charge in [0, 0.05) is 12.1 Å². The van der Waals surface area contributed by atoms with Gasteiger partial charge in [0.25, 0.3) is 0 Å². The molecule has 0 aliphatic heterocycles. The molecule has 0 aromatic carbocycles. The Labute approximate surface area is 111 Å². The summed E-state index contributed by atoms with van der Waals surface area (Å²) in [4.78, 5) is 13.9. The van der Waals surface area contributed by atoms with Gasteiger partial charge in [-0.2, -0.15) is 0 Å². The van der Waals surface area contributed by atoms with E-state index in [1.807, 2.05) is 0 Å². The zero-order valence-electron chi connectivity index (χ0n) is 12.2. The molecule has 3 unspecified atom stereocenters. The lowest BCUT2D eigenvalue weighted by Gasteiger charge is -2.43. The Morgan fingerprint density at radius 1 is 1.61 bits per heavy atom. The number of rotatable bonds is 6. The van der Waals surface area contributed by atoms with Gasteiger partial charge in [-0.3, -0.25) is 4.79 Å². The van der Waals surface area contributed by atoms with Crippen molar-refractivity contribution in [2.75, 3.05) is 14.1 Å². The summed E-state index contributed by atoms with van der Waals surface area (Å²) < 4.78 is 0. The fraction of sp³-hybridized carbons (Fsp3) is 0.929. The maximum Gasteiger partial charge on any atom is 0.323 e. The number of carboxylic acids is 1. The van der Waals surface area contributed by atoms with Gasteiger partial charge in [0.2, 0.25) is 0 Å². The third-order valence-corrected chi connectivity index (χ3v) is 4.59. The van der Waals surface area contributed by atoms with Crippen LogP contribution in [0.3, 0.4) is 0 Å². The Bertz CT molecular complexity index is 283.